The van der Waals surface area contributed by atoms with Crippen LogP contribution in [0.1, 0.15) is 36.5 Å². The Kier molecular flexibility index (Phi) is 4.46. The zero-order valence-electron chi connectivity index (χ0n) is 9.93. The third-order valence-corrected chi connectivity index (χ3v) is 3.09. The third-order valence-electron chi connectivity index (χ3n) is 2.63. The molecular formula is C13H19ClO. The monoisotopic (exact) mass is 226 g/mol. The first kappa shape index (κ1) is 12.4. The SMILES string of the molecule is CCOc1cc(C)c(C(C)CCl)cc1C. The number of rotatable bonds is 4. The summed E-state index contributed by atoms with van der Waals surface area (Å²) in [5.74, 6) is 2.05. The highest BCUT2D eigenvalue weighted by Crippen LogP contribution is 2.28. The summed E-state index contributed by atoms with van der Waals surface area (Å²) in [5.41, 5.74) is 3.78. The number of ether oxygens (including phenoxy) is 1. The molecule has 0 spiro atoms. The van der Waals surface area contributed by atoms with Gasteiger partial charge >= 0.3 is 0 Å². The van der Waals surface area contributed by atoms with Crippen LogP contribution in [0.25, 0.3) is 0 Å². The van der Waals surface area contributed by atoms with Gasteiger partial charge in [-0.05, 0) is 49.4 Å². The Labute approximate surface area is 97.4 Å². The Balaban J connectivity index is 3.07. The van der Waals surface area contributed by atoms with Gasteiger partial charge in [0.2, 0.25) is 0 Å². The van der Waals surface area contributed by atoms with E-state index >= 15 is 0 Å². The number of benzene rings is 1. The molecule has 0 bridgehead atoms. The number of hydrogen-bond donors (Lipinski definition) is 0. The fraction of sp³-hybridized carbons (Fsp3) is 0.538. The molecule has 0 saturated carbocycles. The van der Waals surface area contributed by atoms with Crippen LogP contribution in [0.15, 0.2) is 12.1 Å². The van der Waals surface area contributed by atoms with Crippen LogP contribution in [0.2, 0.25) is 0 Å². The van der Waals surface area contributed by atoms with Crippen molar-refractivity contribution in [3.63, 3.8) is 0 Å². The van der Waals surface area contributed by atoms with Crippen LogP contribution < -0.4 is 4.74 Å². The van der Waals surface area contributed by atoms with E-state index in [0.29, 0.717) is 18.4 Å². The van der Waals surface area contributed by atoms with Gasteiger partial charge in [0.05, 0.1) is 6.61 Å². The predicted molar refractivity (Wildman–Crippen MR) is 66.2 cm³/mol. The van der Waals surface area contributed by atoms with E-state index in [1.54, 1.807) is 0 Å². The molecule has 0 aliphatic heterocycles. The molecule has 1 nitrogen and oxygen atoms in total. The molecule has 1 aromatic carbocycles. The van der Waals surface area contributed by atoms with E-state index in [0.717, 1.165) is 5.75 Å². The molecule has 0 saturated heterocycles. The molecule has 2 heteroatoms. The van der Waals surface area contributed by atoms with E-state index in [9.17, 15) is 0 Å². The zero-order valence-corrected chi connectivity index (χ0v) is 10.7. The smallest absolute Gasteiger partial charge is 0.122 e. The van der Waals surface area contributed by atoms with Gasteiger partial charge in [-0.15, -0.1) is 11.6 Å². The summed E-state index contributed by atoms with van der Waals surface area (Å²) in [4.78, 5) is 0. The average molecular weight is 227 g/mol. The van der Waals surface area contributed by atoms with Crippen molar-refractivity contribution in [1.82, 2.24) is 0 Å². The summed E-state index contributed by atoms with van der Waals surface area (Å²) in [6, 6.07) is 4.30. The van der Waals surface area contributed by atoms with Crippen LogP contribution in [0.3, 0.4) is 0 Å². The first-order valence-electron chi connectivity index (χ1n) is 5.40. The van der Waals surface area contributed by atoms with E-state index in [2.05, 4.69) is 32.9 Å². The Morgan fingerprint density at radius 1 is 1.27 bits per heavy atom. The van der Waals surface area contributed by atoms with Gasteiger partial charge in [0.1, 0.15) is 5.75 Å². The van der Waals surface area contributed by atoms with Gasteiger partial charge in [-0.25, -0.2) is 0 Å². The van der Waals surface area contributed by atoms with Crippen LogP contribution in [-0.4, -0.2) is 12.5 Å². The Morgan fingerprint density at radius 3 is 2.47 bits per heavy atom. The van der Waals surface area contributed by atoms with Crippen LogP contribution >= 0.6 is 11.6 Å². The van der Waals surface area contributed by atoms with Gasteiger partial charge in [0.15, 0.2) is 0 Å². The quantitative estimate of drug-likeness (QED) is 0.704. The largest absolute Gasteiger partial charge is 0.494 e. The fourth-order valence-electron chi connectivity index (χ4n) is 1.74. The highest BCUT2D eigenvalue weighted by Gasteiger charge is 2.10. The minimum atomic E-state index is 0.404. The van der Waals surface area contributed by atoms with Crippen molar-refractivity contribution in [3.8, 4) is 5.75 Å². The molecule has 0 radical (unpaired) electrons. The van der Waals surface area contributed by atoms with Crippen molar-refractivity contribution < 1.29 is 4.74 Å². The van der Waals surface area contributed by atoms with E-state index in [-0.39, 0.29) is 0 Å². The predicted octanol–water partition coefficient (Wildman–Crippen LogP) is 4.04. The molecule has 1 rings (SSSR count). The maximum Gasteiger partial charge on any atom is 0.122 e. The molecule has 1 atom stereocenters. The van der Waals surface area contributed by atoms with E-state index < -0.39 is 0 Å². The zero-order chi connectivity index (χ0) is 11.4. The van der Waals surface area contributed by atoms with Crippen molar-refractivity contribution >= 4 is 11.6 Å². The Bertz CT molecular complexity index is 334. The second kappa shape index (κ2) is 5.41. The first-order valence-corrected chi connectivity index (χ1v) is 5.93. The molecule has 0 N–H and O–H groups in total. The lowest BCUT2D eigenvalue weighted by atomic mass is 9.95. The van der Waals surface area contributed by atoms with Crippen LogP contribution in [0.5, 0.6) is 5.75 Å². The average Bonchev–Trinajstić information content (AvgIpc) is 2.22. The second-order valence-corrected chi connectivity index (χ2v) is 4.27. The standard InChI is InChI=1S/C13H19ClO/c1-5-15-13-7-9(2)12(6-10(13)3)11(4)8-14/h6-7,11H,5,8H2,1-4H3. The fourth-order valence-corrected chi connectivity index (χ4v) is 1.90. The second-order valence-electron chi connectivity index (χ2n) is 3.96. The Morgan fingerprint density at radius 2 is 1.93 bits per heavy atom. The van der Waals surface area contributed by atoms with Gasteiger partial charge in [-0.1, -0.05) is 13.0 Å². The van der Waals surface area contributed by atoms with Crippen molar-refractivity contribution in [2.24, 2.45) is 0 Å². The Hall–Kier alpha value is -0.690. The maximum absolute atomic E-state index is 5.88. The van der Waals surface area contributed by atoms with Gasteiger partial charge in [-0.2, -0.15) is 0 Å². The van der Waals surface area contributed by atoms with E-state index in [1.165, 1.54) is 16.7 Å². The molecule has 0 aromatic heterocycles. The van der Waals surface area contributed by atoms with E-state index in [4.69, 9.17) is 16.3 Å². The molecule has 15 heavy (non-hydrogen) atoms. The topological polar surface area (TPSA) is 9.23 Å². The lowest BCUT2D eigenvalue weighted by molar-refractivity contribution is 0.337. The van der Waals surface area contributed by atoms with Gasteiger partial charge < -0.3 is 4.74 Å². The molecule has 0 aliphatic carbocycles. The number of alkyl halides is 1. The molecular weight excluding hydrogens is 208 g/mol. The van der Waals surface area contributed by atoms with Gasteiger partial charge in [-0.3, -0.25) is 0 Å². The summed E-state index contributed by atoms with van der Waals surface area (Å²) in [6.07, 6.45) is 0. The molecule has 0 amide bonds. The van der Waals surface area contributed by atoms with Crippen molar-refractivity contribution in [2.75, 3.05) is 12.5 Å². The van der Waals surface area contributed by atoms with Crippen molar-refractivity contribution in [3.05, 3.63) is 28.8 Å². The third kappa shape index (κ3) is 2.88. The molecule has 0 aliphatic rings. The van der Waals surface area contributed by atoms with Crippen LogP contribution in [0.4, 0.5) is 0 Å². The first-order chi connectivity index (χ1) is 7.10. The van der Waals surface area contributed by atoms with Crippen LogP contribution in [-0.2, 0) is 0 Å². The minimum absolute atomic E-state index is 0.404. The molecule has 1 aromatic rings. The molecule has 0 heterocycles. The lowest BCUT2D eigenvalue weighted by Gasteiger charge is -2.15. The normalized spacial score (nSPS) is 12.6. The highest BCUT2D eigenvalue weighted by atomic mass is 35.5. The van der Waals surface area contributed by atoms with Crippen molar-refractivity contribution in [2.45, 2.75) is 33.6 Å². The summed E-state index contributed by atoms with van der Waals surface area (Å²) >= 11 is 5.88. The summed E-state index contributed by atoms with van der Waals surface area (Å²) < 4.78 is 5.55. The summed E-state index contributed by atoms with van der Waals surface area (Å²) in [6.45, 7) is 9.05. The van der Waals surface area contributed by atoms with Gasteiger partial charge in [0.25, 0.3) is 0 Å². The van der Waals surface area contributed by atoms with E-state index in [1.807, 2.05) is 6.92 Å². The van der Waals surface area contributed by atoms with Gasteiger partial charge in [0, 0.05) is 5.88 Å². The molecule has 0 fully saturated rings. The molecule has 1 unspecified atom stereocenters. The lowest BCUT2D eigenvalue weighted by Crippen LogP contribution is -2.01. The van der Waals surface area contributed by atoms with Crippen LogP contribution in [0, 0.1) is 13.8 Å². The number of halogens is 1. The maximum atomic E-state index is 5.88. The molecule has 84 valence electrons. The summed E-state index contributed by atoms with van der Waals surface area (Å²) in [5, 5.41) is 0. The summed E-state index contributed by atoms with van der Waals surface area (Å²) in [7, 11) is 0. The highest BCUT2D eigenvalue weighted by molar-refractivity contribution is 6.18. The minimum Gasteiger partial charge on any atom is -0.494 e. The van der Waals surface area contributed by atoms with Crippen molar-refractivity contribution in [1.29, 1.82) is 0 Å². The number of hydrogen-bond acceptors (Lipinski definition) is 1. The number of aryl methyl sites for hydroxylation is 2.